The molecule has 2 aromatic rings. The van der Waals surface area contributed by atoms with Gasteiger partial charge >= 0.3 is 0 Å². The fourth-order valence-electron chi connectivity index (χ4n) is 2.12. The molecule has 2 rings (SSSR count). The Balaban J connectivity index is 2.24. The van der Waals surface area contributed by atoms with Crippen molar-refractivity contribution < 1.29 is 9.50 Å². The molecule has 0 saturated heterocycles. The summed E-state index contributed by atoms with van der Waals surface area (Å²) in [5, 5.41) is 13.5. The lowest BCUT2D eigenvalue weighted by Crippen LogP contribution is -2.04. The standard InChI is InChI=1S/C14H17FN2O/c1-10-14(7-8-18)11(2)17(16-10)9-12-3-5-13(15)6-4-12/h3-6,18H,7-9H2,1-2H3. The van der Waals surface area contributed by atoms with Crippen molar-refractivity contribution >= 4 is 0 Å². The first-order chi connectivity index (χ1) is 8.61. The van der Waals surface area contributed by atoms with E-state index >= 15 is 0 Å². The summed E-state index contributed by atoms with van der Waals surface area (Å²) in [6.45, 7) is 4.69. The van der Waals surface area contributed by atoms with Crippen LogP contribution in [0.2, 0.25) is 0 Å². The van der Waals surface area contributed by atoms with Gasteiger partial charge in [0.05, 0.1) is 12.2 Å². The summed E-state index contributed by atoms with van der Waals surface area (Å²) in [7, 11) is 0. The van der Waals surface area contributed by atoms with E-state index < -0.39 is 0 Å². The topological polar surface area (TPSA) is 38.0 Å². The normalized spacial score (nSPS) is 10.9. The smallest absolute Gasteiger partial charge is 0.123 e. The van der Waals surface area contributed by atoms with Crippen molar-refractivity contribution in [1.29, 1.82) is 0 Å². The Morgan fingerprint density at radius 1 is 1.22 bits per heavy atom. The number of aryl methyl sites for hydroxylation is 1. The van der Waals surface area contributed by atoms with Crippen LogP contribution in [0, 0.1) is 19.7 Å². The van der Waals surface area contributed by atoms with E-state index in [1.807, 2.05) is 18.5 Å². The molecule has 1 N–H and O–H groups in total. The van der Waals surface area contributed by atoms with E-state index in [1.165, 1.54) is 12.1 Å². The Morgan fingerprint density at radius 3 is 2.50 bits per heavy atom. The number of nitrogens with zero attached hydrogens (tertiary/aromatic N) is 2. The van der Waals surface area contributed by atoms with Crippen LogP contribution in [0.4, 0.5) is 4.39 Å². The molecule has 0 unspecified atom stereocenters. The quantitative estimate of drug-likeness (QED) is 0.901. The van der Waals surface area contributed by atoms with Crippen molar-refractivity contribution in [2.75, 3.05) is 6.61 Å². The number of aliphatic hydroxyl groups excluding tert-OH is 1. The van der Waals surface area contributed by atoms with Gasteiger partial charge in [-0.2, -0.15) is 5.10 Å². The third kappa shape index (κ3) is 2.59. The Hall–Kier alpha value is -1.68. The predicted molar refractivity (Wildman–Crippen MR) is 68.0 cm³/mol. The maximum absolute atomic E-state index is 12.8. The van der Waals surface area contributed by atoms with E-state index in [2.05, 4.69) is 5.10 Å². The summed E-state index contributed by atoms with van der Waals surface area (Å²) < 4.78 is 14.7. The number of hydrogen-bond acceptors (Lipinski definition) is 2. The van der Waals surface area contributed by atoms with Crippen LogP contribution < -0.4 is 0 Å². The second kappa shape index (κ2) is 5.31. The fourth-order valence-corrected chi connectivity index (χ4v) is 2.12. The summed E-state index contributed by atoms with van der Waals surface area (Å²) in [4.78, 5) is 0. The van der Waals surface area contributed by atoms with Crippen LogP contribution in [0.5, 0.6) is 0 Å². The molecule has 1 aromatic heterocycles. The van der Waals surface area contributed by atoms with Gasteiger partial charge in [0.15, 0.2) is 0 Å². The second-order valence-corrected chi connectivity index (χ2v) is 4.41. The predicted octanol–water partition coefficient (Wildman–Crippen LogP) is 2.22. The van der Waals surface area contributed by atoms with Gasteiger partial charge in [0, 0.05) is 12.3 Å². The molecular weight excluding hydrogens is 231 g/mol. The molecule has 0 bridgehead atoms. The highest BCUT2D eigenvalue weighted by Gasteiger charge is 2.10. The second-order valence-electron chi connectivity index (χ2n) is 4.41. The Bertz CT molecular complexity index is 531. The van der Waals surface area contributed by atoms with Gasteiger partial charge in [0.2, 0.25) is 0 Å². The molecule has 3 nitrogen and oxygen atoms in total. The molecule has 0 atom stereocenters. The molecule has 96 valence electrons. The van der Waals surface area contributed by atoms with Gasteiger partial charge in [0.1, 0.15) is 5.82 Å². The van der Waals surface area contributed by atoms with E-state index in [9.17, 15) is 4.39 Å². The molecule has 0 saturated carbocycles. The monoisotopic (exact) mass is 248 g/mol. The molecule has 0 aliphatic heterocycles. The van der Waals surface area contributed by atoms with E-state index in [0.29, 0.717) is 13.0 Å². The minimum atomic E-state index is -0.229. The summed E-state index contributed by atoms with van der Waals surface area (Å²) in [5.74, 6) is -0.229. The zero-order valence-electron chi connectivity index (χ0n) is 10.7. The molecule has 0 aliphatic carbocycles. The van der Waals surface area contributed by atoms with E-state index in [0.717, 1.165) is 22.5 Å². The highest BCUT2D eigenvalue weighted by molar-refractivity contribution is 5.26. The fraction of sp³-hybridized carbons (Fsp3) is 0.357. The summed E-state index contributed by atoms with van der Waals surface area (Å²) >= 11 is 0. The molecule has 18 heavy (non-hydrogen) atoms. The van der Waals surface area contributed by atoms with Crippen LogP contribution in [0.15, 0.2) is 24.3 Å². The molecular formula is C14H17FN2O. The molecule has 0 amide bonds. The zero-order chi connectivity index (χ0) is 13.1. The minimum absolute atomic E-state index is 0.129. The highest BCUT2D eigenvalue weighted by Crippen LogP contribution is 2.15. The van der Waals surface area contributed by atoms with Gasteiger partial charge in [-0.25, -0.2) is 4.39 Å². The molecule has 1 aromatic carbocycles. The van der Waals surface area contributed by atoms with E-state index in [-0.39, 0.29) is 12.4 Å². The van der Waals surface area contributed by atoms with Crippen molar-refractivity contribution in [3.05, 3.63) is 52.6 Å². The van der Waals surface area contributed by atoms with Gasteiger partial charge in [0.25, 0.3) is 0 Å². The van der Waals surface area contributed by atoms with Crippen molar-refractivity contribution in [1.82, 2.24) is 9.78 Å². The summed E-state index contributed by atoms with van der Waals surface area (Å²) in [5.41, 5.74) is 4.12. The average Bonchev–Trinajstić information content (AvgIpc) is 2.60. The van der Waals surface area contributed by atoms with E-state index in [4.69, 9.17) is 5.11 Å². The lowest BCUT2D eigenvalue weighted by atomic mass is 10.1. The first kappa shape index (κ1) is 12.8. The molecule has 4 heteroatoms. The number of rotatable bonds is 4. The van der Waals surface area contributed by atoms with Gasteiger partial charge in [-0.3, -0.25) is 4.68 Å². The van der Waals surface area contributed by atoms with Crippen molar-refractivity contribution in [3.8, 4) is 0 Å². The third-order valence-corrected chi connectivity index (χ3v) is 3.14. The molecule has 0 fully saturated rings. The largest absolute Gasteiger partial charge is 0.396 e. The SMILES string of the molecule is Cc1nn(Cc2ccc(F)cc2)c(C)c1CCO. The van der Waals surface area contributed by atoms with Gasteiger partial charge in [-0.15, -0.1) is 0 Å². The number of halogens is 1. The van der Waals surface area contributed by atoms with Gasteiger partial charge in [-0.1, -0.05) is 12.1 Å². The lowest BCUT2D eigenvalue weighted by Gasteiger charge is -2.05. The Morgan fingerprint density at radius 2 is 1.89 bits per heavy atom. The molecule has 0 radical (unpaired) electrons. The van der Waals surface area contributed by atoms with Crippen LogP contribution in [-0.4, -0.2) is 21.5 Å². The van der Waals surface area contributed by atoms with Crippen molar-refractivity contribution in [2.24, 2.45) is 0 Å². The molecule has 0 aliphatic rings. The van der Waals surface area contributed by atoms with Gasteiger partial charge < -0.3 is 5.11 Å². The Labute approximate surface area is 106 Å². The zero-order valence-corrected chi connectivity index (χ0v) is 10.7. The van der Waals surface area contributed by atoms with Crippen LogP contribution in [-0.2, 0) is 13.0 Å². The number of benzene rings is 1. The van der Waals surface area contributed by atoms with E-state index in [1.54, 1.807) is 12.1 Å². The number of hydrogen-bond donors (Lipinski definition) is 1. The maximum atomic E-state index is 12.8. The molecule has 1 heterocycles. The minimum Gasteiger partial charge on any atom is -0.396 e. The Kier molecular flexibility index (Phi) is 3.77. The van der Waals surface area contributed by atoms with Gasteiger partial charge in [-0.05, 0) is 43.5 Å². The molecule has 0 spiro atoms. The first-order valence-electron chi connectivity index (χ1n) is 6.00. The highest BCUT2D eigenvalue weighted by atomic mass is 19.1. The summed E-state index contributed by atoms with van der Waals surface area (Å²) in [6.07, 6.45) is 0.626. The van der Waals surface area contributed by atoms with Crippen LogP contribution >= 0.6 is 0 Å². The van der Waals surface area contributed by atoms with Crippen LogP contribution in [0.3, 0.4) is 0 Å². The average molecular weight is 248 g/mol. The van der Waals surface area contributed by atoms with Crippen LogP contribution in [0.1, 0.15) is 22.5 Å². The maximum Gasteiger partial charge on any atom is 0.123 e. The summed E-state index contributed by atoms with van der Waals surface area (Å²) in [6, 6.07) is 6.43. The first-order valence-corrected chi connectivity index (χ1v) is 6.00. The number of aliphatic hydroxyl groups is 1. The van der Waals surface area contributed by atoms with Crippen LogP contribution in [0.25, 0.3) is 0 Å². The van der Waals surface area contributed by atoms with Crippen molar-refractivity contribution in [3.63, 3.8) is 0 Å². The lowest BCUT2D eigenvalue weighted by molar-refractivity contribution is 0.299. The number of aromatic nitrogens is 2. The van der Waals surface area contributed by atoms with Crippen molar-refractivity contribution in [2.45, 2.75) is 26.8 Å². The third-order valence-electron chi connectivity index (χ3n) is 3.14.